The second-order valence-corrected chi connectivity index (χ2v) is 6.44. The smallest absolute Gasteiger partial charge is 0.320 e. The molecule has 0 saturated heterocycles. The zero-order valence-corrected chi connectivity index (χ0v) is 15.2. The van der Waals surface area contributed by atoms with Gasteiger partial charge in [-0.1, -0.05) is 28.9 Å². The molecule has 0 heterocycles. The van der Waals surface area contributed by atoms with Crippen LogP contribution in [0, 0.1) is 0 Å². The number of allylic oxidation sites excluding steroid dienone is 4. The van der Waals surface area contributed by atoms with Gasteiger partial charge in [0.1, 0.15) is 6.04 Å². The van der Waals surface area contributed by atoms with Gasteiger partial charge in [0.25, 0.3) is 0 Å². The van der Waals surface area contributed by atoms with Gasteiger partial charge >= 0.3 is 5.97 Å². The normalized spacial score (nSPS) is 13.8. The monoisotopic (exact) mass is 363 g/mol. The van der Waals surface area contributed by atoms with E-state index < -0.39 is 12.0 Å². The number of rotatable bonds is 14. The Morgan fingerprint density at radius 2 is 2.08 bits per heavy atom. The van der Waals surface area contributed by atoms with Crippen LogP contribution in [0.1, 0.15) is 51.4 Å². The minimum absolute atomic E-state index is 0.0548. The second-order valence-electron chi connectivity index (χ2n) is 6.44. The number of hydrogen-bond acceptors (Lipinski definition) is 4. The van der Waals surface area contributed by atoms with Crippen molar-refractivity contribution in [3.63, 3.8) is 0 Å². The molecule has 0 fully saturated rings. The molecule has 1 aliphatic carbocycles. The SMILES string of the molecule is [N-]=[N+]=NCCCC(=O)N(CCCC[C@H](N)C(=O)O)CCCC1=CC=CC1. The van der Waals surface area contributed by atoms with Crippen molar-refractivity contribution in [2.24, 2.45) is 10.8 Å². The lowest BCUT2D eigenvalue weighted by atomic mass is 10.1. The molecule has 8 heteroatoms. The molecule has 1 aliphatic rings. The molecule has 0 aliphatic heterocycles. The van der Waals surface area contributed by atoms with Gasteiger partial charge in [-0.2, -0.15) is 0 Å². The van der Waals surface area contributed by atoms with E-state index in [1.807, 2.05) is 4.90 Å². The molecule has 1 rings (SSSR count). The highest BCUT2D eigenvalue weighted by molar-refractivity contribution is 5.76. The summed E-state index contributed by atoms with van der Waals surface area (Å²) in [4.78, 5) is 27.7. The van der Waals surface area contributed by atoms with Crippen LogP contribution in [0.4, 0.5) is 0 Å². The summed E-state index contributed by atoms with van der Waals surface area (Å²) in [5, 5.41) is 12.3. The molecule has 8 nitrogen and oxygen atoms in total. The zero-order chi connectivity index (χ0) is 19.2. The van der Waals surface area contributed by atoms with Crippen LogP contribution in [0.15, 0.2) is 28.9 Å². The standard InChI is InChI=1S/C18H29N5O3/c19-16(18(25)26)10-3-4-13-23(17(24)11-5-12-21-22-20)14-6-9-15-7-1-2-8-15/h1-2,7,16H,3-6,8-14,19H2,(H,25,26)/t16-/m0/s1. The summed E-state index contributed by atoms with van der Waals surface area (Å²) in [6.07, 6.45) is 11.9. The van der Waals surface area contributed by atoms with Crippen LogP contribution in [0.3, 0.4) is 0 Å². The molecule has 0 bridgehead atoms. The van der Waals surface area contributed by atoms with Crippen molar-refractivity contribution in [1.29, 1.82) is 0 Å². The molecule has 0 unspecified atom stereocenters. The molecule has 0 spiro atoms. The molecule has 0 aromatic rings. The number of nitrogens with two attached hydrogens (primary N) is 1. The maximum atomic E-state index is 12.4. The van der Waals surface area contributed by atoms with Gasteiger partial charge in [0.05, 0.1) is 0 Å². The van der Waals surface area contributed by atoms with E-state index in [4.69, 9.17) is 16.4 Å². The van der Waals surface area contributed by atoms with E-state index >= 15 is 0 Å². The number of hydrogen-bond donors (Lipinski definition) is 2. The summed E-state index contributed by atoms with van der Waals surface area (Å²) in [7, 11) is 0. The van der Waals surface area contributed by atoms with Crippen LogP contribution in [-0.2, 0) is 9.59 Å². The molecule has 26 heavy (non-hydrogen) atoms. The Morgan fingerprint density at radius 1 is 1.31 bits per heavy atom. The van der Waals surface area contributed by atoms with Gasteiger partial charge in [-0.3, -0.25) is 9.59 Å². The largest absolute Gasteiger partial charge is 0.480 e. The summed E-state index contributed by atoms with van der Waals surface area (Å²) < 4.78 is 0. The highest BCUT2D eigenvalue weighted by Gasteiger charge is 2.15. The van der Waals surface area contributed by atoms with Crippen molar-refractivity contribution in [2.75, 3.05) is 19.6 Å². The molecule has 0 aromatic carbocycles. The number of carbonyl (C=O) groups is 2. The van der Waals surface area contributed by atoms with Crippen LogP contribution in [0.5, 0.6) is 0 Å². The van der Waals surface area contributed by atoms with Crippen LogP contribution in [0.25, 0.3) is 10.4 Å². The Hall–Kier alpha value is -2.31. The van der Waals surface area contributed by atoms with E-state index in [9.17, 15) is 9.59 Å². The van der Waals surface area contributed by atoms with Crippen LogP contribution < -0.4 is 5.73 Å². The number of carbonyl (C=O) groups excluding carboxylic acids is 1. The van der Waals surface area contributed by atoms with E-state index in [1.54, 1.807) is 0 Å². The van der Waals surface area contributed by atoms with Gasteiger partial charge in [-0.05, 0) is 50.5 Å². The second kappa shape index (κ2) is 13.0. The fourth-order valence-electron chi connectivity index (χ4n) is 2.83. The Kier molecular flexibility index (Phi) is 10.8. The molecule has 0 radical (unpaired) electrons. The van der Waals surface area contributed by atoms with Crippen LogP contribution in [0.2, 0.25) is 0 Å². The Labute approximate surface area is 154 Å². The summed E-state index contributed by atoms with van der Waals surface area (Å²) in [5.74, 6) is -0.936. The maximum Gasteiger partial charge on any atom is 0.320 e. The first-order chi connectivity index (χ1) is 12.5. The molecule has 1 atom stereocenters. The van der Waals surface area contributed by atoms with Crippen molar-refractivity contribution in [3.05, 3.63) is 34.2 Å². The lowest BCUT2D eigenvalue weighted by Crippen LogP contribution is -2.34. The summed E-state index contributed by atoms with van der Waals surface area (Å²) in [6.45, 7) is 1.61. The number of unbranched alkanes of at least 4 members (excludes halogenated alkanes) is 1. The fraction of sp³-hybridized carbons (Fsp3) is 0.667. The van der Waals surface area contributed by atoms with Gasteiger partial charge < -0.3 is 15.7 Å². The Balaban J connectivity index is 2.38. The summed E-state index contributed by atoms with van der Waals surface area (Å²) in [6, 6.07) is -0.843. The Bertz CT molecular complexity index is 567. The first-order valence-corrected chi connectivity index (χ1v) is 9.16. The first-order valence-electron chi connectivity index (χ1n) is 9.16. The maximum absolute atomic E-state index is 12.4. The summed E-state index contributed by atoms with van der Waals surface area (Å²) >= 11 is 0. The molecular formula is C18H29N5O3. The molecular weight excluding hydrogens is 334 g/mol. The van der Waals surface area contributed by atoms with Crippen molar-refractivity contribution in [2.45, 2.75) is 57.4 Å². The van der Waals surface area contributed by atoms with E-state index in [0.29, 0.717) is 45.3 Å². The van der Waals surface area contributed by atoms with Crippen molar-refractivity contribution in [1.82, 2.24) is 4.90 Å². The van der Waals surface area contributed by atoms with Crippen LogP contribution in [-0.4, -0.2) is 47.6 Å². The van der Waals surface area contributed by atoms with E-state index in [-0.39, 0.29) is 5.91 Å². The van der Waals surface area contributed by atoms with Crippen molar-refractivity contribution < 1.29 is 14.7 Å². The number of amides is 1. The van der Waals surface area contributed by atoms with Gasteiger partial charge in [-0.15, -0.1) is 0 Å². The van der Waals surface area contributed by atoms with E-state index in [0.717, 1.165) is 25.7 Å². The third-order valence-electron chi connectivity index (χ3n) is 4.35. The van der Waals surface area contributed by atoms with Crippen LogP contribution >= 0.6 is 0 Å². The van der Waals surface area contributed by atoms with Gasteiger partial charge in [0.15, 0.2) is 0 Å². The number of azide groups is 1. The minimum atomic E-state index is -0.991. The third-order valence-corrected chi connectivity index (χ3v) is 4.35. The van der Waals surface area contributed by atoms with Gasteiger partial charge in [0, 0.05) is 31.0 Å². The topological polar surface area (TPSA) is 132 Å². The zero-order valence-electron chi connectivity index (χ0n) is 15.2. The number of nitrogens with zero attached hydrogens (tertiary/aromatic N) is 4. The average Bonchev–Trinajstić information content (AvgIpc) is 3.13. The molecule has 3 N–H and O–H groups in total. The van der Waals surface area contributed by atoms with E-state index in [1.165, 1.54) is 5.57 Å². The highest BCUT2D eigenvalue weighted by Crippen LogP contribution is 2.17. The average molecular weight is 363 g/mol. The van der Waals surface area contributed by atoms with Gasteiger partial charge in [-0.25, -0.2) is 0 Å². The van der Waals surface area contributed by atoms with Crippen molar-refractivity contribution in [3.8, 4) is 0 Å². The van der Waals surface area contributed by atoms with Crippen molar-refractivity contribution >= 4 is 11.9 Å². The number of carboxylic acids is 1. The fourth-order valence-corrected chi connectivity index (χ4v) is 2.83. The van der Waals surface area contributed by atoms with E-state index in [2.05, 4.69) is 28.3 Å². The quantitative estimate of drug-likeness (QED) is 0.212. The predicted octanol–water partition coefficient (Wildman–Crippen LogP) is 3.15. The lowest BCUT2D eigenvalue weighted by molar-refractivity contribution is -0.138. The van der Waals surface area contributed by atoms with Gasteiger partial charge in [0.2, 0.25) is 5.91 Å². The molecule has 0 saturated carbocycles. The predicted molar refractivity (Wildman–Crippen MR) is 100 cm³/mol. The Morgan fingerprint density at radius 3 is 2.73 bits per heavy atom. The lowest BCUT2D eigenvalue weighted by Gasteiger charge is -2.23. The molecule has 144 valence electrons. The highest BCUT2D eigenvalue weighted by atomic mass is 16.4. The molecule has 1 amide bonds. The third kappa shape index (κ3) is 9.25. The number of carboxylic acid groups (broad SMARTS) is 1. The summed E-state index contributed by atoms with van der Waals surface area (Å²) in [5.41, 5.74) is 15.2. The first kappa shape index (κ1) is 21.7. The minimum Gasteiger partial charge on any atom is -0.480 e. The molecule has 0 aromatic heterocycles. The number of aliphatic carboxylic acids is 1.